The average Bonchev–Trinajstić information content (AvgIpc) is 3.11. The third-order valence-electron chi connectivity index (χ3n) is 4.47. The molecule has 4 nitrogen and oxygen atoms in total. The van der Waals surface area contributed by atoms with Crippen LogP contribution >= 0.6 is 0 Å². The van der Waals surface area contributed by atoms with Gasteiger partial charge >= 0.3 is 0 Å². The van der Waals surface area contributed by atoms with Crippen LogP contribution in [0.25, 0.3) is 0 Å². The maximum absolute atomic E-state index is 12.0. The fraction of sp³-hybridized carbons (Fsp3) is 0.750. The Balaban J connectivity index is 1.52. The summed E-state index contributed by atoms with van der Waals surface area (Å²) in [6.45, 7) is 0.814. The summed E-state index contributed by atoms with van der Waals surface area (Å²) in [6.07, 6.45) is 11.7. The zero-order chi connectivity index (χ0) is 13.8. The summed E-state index contributed by atoms with van der Waals surface area (Å²) >= 11 is 0. The first-order chi connectivity index (χ1) is 9.81. The van der Waals surface area contributed by atoms with Crippen molar-refractivity contribution in [3.05, 3.63) is 18.0 Å². The van der Waals surface area contributed by atoms with Crippen LogP contribution in [0.1, 0.15) is 63.1 Å². The number of ketones is 1. The number of Topliss-reactive ketones (excluding diaryl/α,β-unsaturated/α-hetero) is 1. The second-order valence-electron chi connectivity index (χ2n) is 6.13. The molecule has 1 saturated carbocycles. The van der Waals surface area contributed by atoms with Crippen molar-refractivity contribution in [2.24, 2.45) is 0 Å². The SMILES string of the molecule is O=C(Cc1ccn(C2CCCCC2)n1)CC1CCCO1. The number of ether oxygens (including phenoxy) is 1. The zero-order valence-corrected chi connectivity index (χ0v) is 12.1. The van der Waals surface area contributed by atoms with Gasteiger partial charge < -0.3 is 4.74 Å². The maximum atomic E-state index is 12.0. The quantitative estimate of drug-likeness (QED) is 0.830. The third-order valence-corrected chi connectivity index (χ3v) is 4.47. The zero-order valence-electron chi connectivity index (χ0n) is 12.1. The van der Waals surface area contributed by atoms with Crippen LogP contribution in [0.15, 0.2) is 12.3 Å². The van der Waals surface area contributed by atoms with Gasteiger partial charge in [-0.25, -0.2) is 0 Å². The number of carbonyl (C=O) groups is 1. The molecule has 2 aliphatic rings. The van der Waals surface area contributed by atoms with E-state index in [1.54, 1.807) is 0 Å². The molecule has 4 heteroatoms. The molecule has 0 aromatic carbocycles. The van der Waals surface area contributed by atoms with Crippen LogP contribution in [0.3, 0.4) is 0 Å². The molecule has 1 aliphatic carbocycles. The van der Waals surface area contributed by atoms with Crippen LogP contribution in [0.5, 0.6) is 0 Å². The van der Waals surface area contributed by atoms with Crippen LogP contribution in [0.4, 0.5) is 0 Å². The average molecular weight is 276 g/mol. The van der Waals surface area contributed by atoms with Crippen molar-refractivity contribution in [3.8, 4) is 0 Å². The Bertz CT molecular complexity index is 443. The van der Waals surface area contributed by atoms with Crippen molar-refractivity contribution >= 4 is 5.78 Å². The molecule has 1 atom stereocenters. The van der Waals surface area contributed by atoms with Gasteiger partial charge in [-0.1, -0.05) is 19.3 Å². The number of hydrogen-bond acceptors (Lipinski definition) is 3. The van der Waals surface area contributed by atoms with E-state index < -0.39 is 0 Å². The number of aromatic nitrogens is 2. The highest BCUT2D eigenvalue weighted by molar-refractivity contribution is 5.80. The van der Waals surface area contributed by atoms with E-state index in [9.17, 15) is 4.79 Å². The van der Waals surface area contributed by atoms with Crippen LogP contribution in [0.2, 0.25) is 0 Å². The molecule has 0 radical (unpaired) electrons. The van der Waals surface area contributed by atoms with Crippen LogP contribution in [-0.4, -0.2) is 28.3 Å². The summed E-state index contributed by atoms with van der Waals surface area (Å²) in [4.78, 5) is 12.0. The van der Waals surface area contributed by atoms with Gasteiger partial charge in [0.1, 0.15) is 5.78 Å². The molecule has 0 spiro atoms. The Morgan fingerprint density at radius 3 is 2.85 bits per heavy atom. The van der Waals surface area contributed by atoms with Gasteiger partial charge in [-0.05, 0) is 31.7 Å². The molecule has 0 bridgehead atoms. The minimum Gasteiger partial charge on any atom is -0.378 e. The first kappa shape index (κ1) is 13.8. The second kappa shape index (κ2) is 6.53. The Morgan fingerprint density at radius 1 is 1.25 bits per heavy atom. The lowest BCUT2D eigenvalue weighted by Gasteiger charge is -2.21. The minimum absolute atomic E-state index is 0.155. The van der Waals surface area contributed by atoms with Gasteiger partial charge in [0.05, 0.1) is 24.3 Å². The highest BCUT2D eigenvalue weighted by Crippen LogP contribution is 2.27. The van der Waals surface area contributed by atoms with Crippen LogP contribution < -0.4 is 0 Å². The number of hydrogen-bond donors (Lipinski definition) is 0. The molecule has 20 heavy (non-hydrogen) atoms. The van der Waals surface area contributed by atoms with Crippen molar-refractivity contribution in [3.63, 3.8) is 0 Å². The normalized spacial score (nSPS) is 24.1. The molecule has 1 aromatic rings. The molecular weight excluding hydrogens is 252 g/mol. The monoisotopic (exact) mass is 276 g/mol. The molecule has 110 valence electrons. The van der Waals surface area contributed by atoms with Crippen molar-refractivity contribution in [1.82, 2.24) is 9.78 Å². The Kier molecular flexibility index (Phi) is 4.51. The first-order valence-corrected chi connectivity index (χ1v) is 7.98. The third kappa shape index (κ3) is 3.48. The van der Waals surface area contributed by atoms with Crippen molar-refractivity contribution in [2.75, 3.05) is 6.61 Å². The summed E-state index contributed by atoms with van der Waals surface area (Å²) in [7, 11) is 0. The predicted molar refractivity (Wildman–Crippen MR) is 76.7 cm³/mol. The van der Waals surface area contributed by atoms with Crippen LogP contribution in [0, 0.1) is 0 Å². The molecule has 3 rings (SSSR count). The molecule has 1 aromatic heterocycles. The lowest BCUT2D eigenvalue weighted by atomic mass is 9.96. The molecule has 1 saturated heterocycles. The fourth-order valence-corrected chi connectivity index (χ4v) is 3.35. The summed E-state index contributed by atoms with van der Waals surface area (Å²) in [5.41, 5.74) is 0.915. The highest BCUT2D eigenvalue weighted by atomic mass is 16.5. The van der Waals surface area contributed by atoms with E-state index in [2.05, 4.69) is 9.78 Å². The van der Waals surface area contributed by atoms with Gasteiger partial charge in [0, 0.05) is 19.2 Å². The van der Waals surface area contributed by atoms with E-state index >= 15 is 0 Å². The lowest BCUT2D eigenvalue weighted by Crippen LogP contribution is -2.16. The van der Waals surface area contributed by atoms with Gasteiger partial charge in [-0.15, -0.1) is 0 Å². The van der Waals surface area contributed by atoms with E-state index in [1.165, 1.54) is 32.1 Å². The van der Waals surface area contributed by atoms with Crippen molar-refractivity contribution in [1.29, 1.82) is 0 Å². The molecule has 2 fully saturated rings. The second-order valence-corrected chi connectivity index (χ2v) is 6.13. The van der Waals surface area contributed by atoms with Gasteiger partial charge in [0.25, 0.3) is 0 Å². The van der Waals surface area contributed by atoms with Gasteiger partial charge in [0.2, 0.25) is 0 Å². The molecule has 2 heterocycles. The van der Waals surface area contributed by atoms with Gasteiger partial charge in [-0.2, -0.15) is 5.10 Å². The number of rotatable bonds is 5. The largest absolute Gasteiger partial charge is 0.378 e. The summed E-state index contributed by atoms with van der Waals surface area (Å²) in [5, 5.41) is 4.60. The molecule has 1 unspecified atom stereocenters. The number of nitrogens with zero attached hydrogens (tertiary/aromatic N) is 2. The fourth-order valence-electron chi connectivity index (χ4n) is 3.35. The molecule has 0 N–H and O–H groups in total. The Morgan fingerprint density at radius 2 is 2.10 bits per heavy atom. The van der Waals surface area contributed by atoms with E-state index in [0.717, 1.165) is 25.1 Å². The molecule has 1 aliphatic heterocycles. The summed E-state index contributed by atoms with van der Waals surface area (Å²) in [6, 6.07) is 2.55. The van der Waals surface area contributed by atoms with E-state index in [4.69, 9.17) is 4.74 Å². The predicted octanol–water partition coefficient (Wildman–Crippen LogP) is 3.07. The molecular formula is C16H24N2O2. The van der Waals surface area contributed by atoms with E-state index in [1.807, 2.05) is 12.3 Å². The Hall–Kier alpha value is -1.16. The van der Waals surface area contributed by atoms with Gasteiger partial charge in [-0.3, -0.25) is 9.48 Å². The lowest BCUT2D eigenvalue weighted by molar-refractivity contribution is -0.120. The smallest absolute Gasteiger partial charge is 0.141 e. The molecule has 0 amide bonds. The number of carbonyl (C=O) groups excluding carboxylic acids is 1. The van der Waals surface area contributed by atoms with E-state index in [0.29, 0.717) is 18.9 Å². The summed E-state index contributed by atoms with van der Waals surface area (Å²) in [5.74, 6) is 0.255. The topological polar surface area (TPSA) is 44.1 Å². The van der Waals surface area contributed by atoms with Crippen molar-refractivity contribution < 1.29 is 9.53 Å². The van der Waals surface area contributed by atoms with E-state index in [-0.39, 0.29) is 11.9 Å². The van der Waals surface area contributed by atoms with Crippen molar-refractivity contribution in [2.45, 2.75) is 69.9 Å². The maximum Gasteiger partial charge on any atom is 0.141 e. The summed E-state index contributed by atoms with van der Waals surface area (Å²) < 4.78 is 7.59. The standard InChI is InChI=1S/C16H24N2O2/c19-15(12-16-7-4-10-20-16)11-13-8-9-18(17-13)14-5-2-1-3-6-14/h8-9,14,16H,1-7,10-12H2. The highest BCUT2D eigenvalue weighted by Gasteiger charge is 2.20. The van der Waals surface area contributed by atoms with Gasteiger partial charge in [0.15, 0.2) is 0 Å². The minimum atomic E-state index is 0.155. The first-order valence-electron chi connectivity index (χ1n) is 7.98. The van der Waals surface area contributed by atoms with Crippen LogP contribution in [-0.2, 0) is 16.0 Å². The Labute approximate surface area is 120 Å².